The Balaban J connectivity index is 1.45. The molecule has 0 spiro atoms. The van der Waals surface area contributed by atoms with Crippen LogP contribution in [0, 0.1) is 0 Å². The van der Waals surface area contributed by atoms with Gasteiger partial charge in [0.15, 0.2) is 4.96 Å². The molecule has 0 saturated heterocycles. The summed E-state index contributed by atoms with van der Waals surface area (Å²) in [6.45, 7) is 2.12. The van der Waals surface area contributed by atoms with Crippen molar-refractivity contribution in [1.82, 2.24) is 9.38 Å². The number of amides is 1. The third kappa shape index (κ3) is 2.75. The van der Waals surface area contributed by atoms with Crippen LogP contribution >= 0.6 is 11.3 Å². The first-order chi connectivity index (χ1) is 13.2. The molecule has 1 aliphatic heterocycles. The van der Waals surface area contributed by atoms with E-state index >= 15 is 0 Å². The maximum absolute atomic E-state index is 13.1. The Morgan fingerprint density at radius 3 is 2.78 bits per heavy atom. The van der Waals surface area contributed by atoms with Crippen molar-refractivity contribution in [3.8, 4) is 11.3 Å². The standard InChI is InChI=1S/C22H19N3OS/c1-15-11-17-9-5-6-10-20(17)25(15)21(26)12-18-14-27-22-23-19(13-24(18)22)16-7-3-2-4-8-16/h2-10,13-15H,11-12H2,1H3/t15-/m0/s1. The Morgan fingerprint density at radius 2 is 1.93 bits per heavy atom. The second-order valence-corrected chi connectivity index (χ2v) is 7.83. The van der Waals surface area contributed by atoms with E-state index in [-0.39, 0.29) is 11.9 Å². The minimum Gasteiger partial charge on any atom is -0.309 e. The molecule has 0 bridgehead atoms. The van der Waals surface area contributed by atoms with Gasteiger partial charge >= 0.3 is 0 Å². The Morgan fingerprint density at radius 1 is 1.15 bits per heavy atom. The maximum atomic E-state index is 13.1. The van der Waals surface area contributed by atoms with Crippen molar-refractivity contribution in [3.05, 3.63) is 77.4 Å². The predicted molar refractivity (Wildman–Crippen MR) is 109 cm³/mol. The summed E-state index contributed by atoms with van der Waals surface area (Å²) in [6, 6.07) is 18.5. The van der Waals surface area contributed by atoms with Crippen LogP contribution in [0.4, 0.5) is 5.69 Å². The molecule has 4 nitrogen and oxygen atoms in total. The van der Waals surface area contributed by atoms with E-state index in [1.807, 2.05) is 52.9 Å². The normalized spacial score (nSPS) is 16.0. The van der Waals surface area contributed by atoms with Crippen molar-refractivity contribution in [2.45, 2.75) is 25.8 Å². The molecule has 5 rings (SSSR count). The van der Waals surface area contributed by atoms with Crippen LogP contribution < -0.4 is 4.90 Å². The summed E-state index contributed by atoms with van der Waals surface area (Å²) in [5.74, 6) is 0.141. The number of imidazole rings is 1. The highest BCUT2D eigenvalue weighted by Gasteiger charge is 2.30. The van der Waals surface area contributed by atoms with Crippen molar-refractivity contribution in [3.63, 3.8) is 0 Å². The molecule has 1 amide bonds. The first-order valence-corrected chi connectivity index (χ1v) is 9.99. The Labute approximate surface area is 161 Å². The molecule has 4 aromatic rings. The van der Waals surface area contributed by atoms with Gasteiger partial charge in [-0.3, -0.25) is 9.20 Å². The van der Waals surface area contributed by atoms with E-state index in [0.717, 1.165) is 34.0 Å². The number of carbonyl (C=O) groups is 1. The van der Waals surface area contributed by atoms with E-state index in [2.05, 4.69) is 29.5 Å². The molecule has 1 aliphatic rings. The highest BCUT2D eigenvalue weighted by Crippen LogP contribution is 2.32. The highest BCUT2D eigenvalue weighted by atomic mass is 32.1. The topological polar surface area (TPSA) is 37.6 Å². The van der Waals surface area contributed by atoms with Crippen molar-refractivity contribution in [2.75, 3.05) is 4.90 Å². The summed E-state index contributed by atoms with van der Waals surface area (Å²) >= 11 is 1.58. The van der Waals surface area contributed by atoms with E-state index in [4.69, 9.17) is 4.98 Å². The lowest BCUT2D eigenvalue weighted by Gasteiger charge is -2.22. The number of para-hydroxylation sites is 1. The lowest BCUT2D eigenvalue weighted by Crippen LogP contribution is -2.37. The third-order valence-corrected chi connectivity index (χ3v) is 6.05. The average Bonchev–Trinajstić information content (AvgIpc) is 3.35. The number of fused-ring (bicyclic) bond motifs is 2. The molecule has 134 valence electrons. The molecule has 2 aromatic carbocycles. The minimum atomic E-state index is 0.141. The van der Waals surface area contributed by atoms with Crippen LogP contribution in [0.5, 0.6) is 0 Å². The summed E-state index contributed by atoms with van der Waals surface area (Å²) in [5.41, 5.74) is 5.33. The van der Waals surface area contributed by atoms with Gasteiger partial charge in [0.05, 0.1) is 12.1 Å². The van der Waals surface area contributed by atoms with E-state index in [1.165, 1.54) is 5.56 Å². The highest BCUT2D eigenvalue weighted by molar-refractivity contribution is 7.15. The van der Waals surface area contributed by atoms with Crippen LogP contribution in [0.1, 0.15) is 18.2 Å². The van der Waals surface area contributed by atoms with Crippen LogP contribution in [0.25, 0.3) is 16.2 Å². The second kappa shape index (κ2) is 6.35. The first kappa shape index (κ1) is 16.3. The third-order valence-electron chi connectivity index (χ3n) is 5.16. The molecule has 0 N–H and O–H groups in total. The Hall–Kier alpha value is -2.92. The Bertz CT molecular complexity index is 1130. The lowest BCUT2D eigenvalue weighted by molar-refractivity contribution is -0.118. The van der Waals surface area contributed by atoms with Gasteiger partial charge in [-0.25, -0.2) is 4.98 Å². The molecule has 27 heavy (non-hydrogen) atoms. The van der Waals surface area contributed by atoms with E-state index in [9.17, 15) is 4.79 Å². The van der Waals surface area contributed by atoms with Crippen molar-refractivity contribution < 1.29 is 4.79 Å². The smallest absolute Gasteiger partial charge is 0.233 e. The predicted octanol–water partition coefficient (Wildman–Crippen LogP) is 4.58. The molecule has 2 aromatic heterocycles. The quantitative estimate of drug-likeness (QED) is 0.527. The van der Waals surface area contributed by atoms with Gasteiger partial charge in [-0.15, -0.1) is 11.3 Å². The Kier molecular flexibility index (Phi) is 3.83. The zero-order chi connectivity index (χ0) is 18.4. The number of thiazole rings is 1. The number of rotatable bonds is 3. The van der Waals surface area contributed by atoms with Crippen LogP contribution in [0.2, 0.25) is 0 Å². The molecule has 0 saturated carbocycles. The van der Waals surface area contributed by atoms with Gasteiger partial charge in [0.1, 0.15) is 0 Å². The van der Waals surface area contributed by atoms with Gasteiger partial charge < -0.3 is 4.90 Å². The summed E-state index contributed by atoms with van der Waals surface area (Å²) in [4.78, 5) is 20.7. The van der Waals surface area contributed by atoms with E-state index < -0.39 is 0 Å². The van der Waals surface area contributed by atoms with Gasteiger partial charge in [-0.05, 0) is 25.0 Å². The van der Waals surface area contributed by atoms with Crippen LogP contribution in [0.3, 0.4) is 0 Å². The number of aromatic nitrogens is 2. The number of hydrogen-bond donors (Lipinski definition) is 0. The minimum absolute atomic E-state index is 0.141. The fourth-order valence-corrected chi connectivity index (χ4v) is 4.76. The monoisotopic (exact) mass is 373 g/mol. The fourth-order valence-electron chi connectivity index (χ4n) is 3.89. The summed E-state index contributed by atoms with van der Waals surface area (Å²) in [6.07, 6.45) is 3.33. The zero-order valence-corrected chi connectivity index (χ0v) is 15.8. The molecular weight excluding hydrogens is 354 g/mol. The summed E-state index contributed by atoms with van der Waals surface area (Å²) in [5, 5.41) is 2.04. The summed E-state index contributed by atoms with van der Waals surface area (Å²) < 4.78 is 2.05. The second-order valence-electron chi connectivity index (χ2n) is 6.99. The van der Waals surface area contributed by atoms with Crippen molar-refractivity contribution in [2.24, 2.45) is 0 Å². The molecule has 0 unspecified atom stereocenters. The van der Waals surface area contributed by atoms with Gasteiger partial charge in [0.2, 0.25) is 5.91 Å². The molecule has 5 heteroatoms. The van der Waals surface area contributed by atoms with Crippen LogP contribution in [-0.4, -0.2) is 21.3 Å². The maximum Gasteiger partial charge on any atom is 0.233 e. The summed E-state index contributed by atoms with van der Waals surface area (Å²) in [7, 11) is 0. The molecule has 0 radical (unpaired) electrons. The largest absolute Gasteiger partial charge is 0.309 e. The van der Waals surface area contributed by atoms with Gasteiger partial charge in [-0.1, -0.05) is 48.5 Å². The van der Waals surface area contributed by atoms with Crippen LogP contribution in [0.15, 0.2) is 66.2 Å². The SMILES string of the molecule is C[C@H]1Cc2ccccc2N1C(=O)Cc1csc2nc(-c3ccccc3)cn12. The fraction of sp³-hybridized carbons (Fsp3) is 0.182. The average molecular weight is 373 g/mol. The number of anilines is 1. The van der Waals surface area contributed by atoms with Crippen LogP contribution in [-0.2, 0) is 17.6 Å². The number of hydrogen-bond acceptors (Lipinski definition) is 3. The lowest BCUT2D eigenvalue weighted by atomic mass is 10.1. The zero-order valence-electron chi connectivity index (χ0n) is 15.0. The molecule has 0 fully saturated rings. The van der Waals surface area contributed by atoms with E-state index in [0.29, 0.717) is 6.42 Å². The number of carbonyl (C=O) groups excluding carboxylic acids is 1. The van der Waals surface area contributed by atoms with Gasteiger partial charge in [0, 0.05) is 34.6 Å². The van der Waals surface area contributed by atoms with Gasteiger partial charge in [-0.2, -0.15) is 0 Å². The van der Waals surface area contributed by atoms with Crippen molar-refractivity contribution >= 4 is 27.9 Å². The number of benzene rings is 2. The van der Waals surface area contributed by atoms with Crippen molar-refractivity contribution in [1.29, 1.82) is 0 Å². The molecular formula is C22H19N3OS. The van der Waals surface area contributed by atoms with E-state index in [1.54, 1.807) is 11.3 Å². The number of nitrogens with zero attached hydrogens (tertiary/aromatic N) is 3. The van der Waals surface area contributed by atoms with Gasteiger partial charge in [0.25, 0.3) is 0 Å². The first-order valence-electron chi connectivity index (χ1n) is 9.11. The molecule has 1 atom stereocenters. The molecule has 3 heterocycles. The molecule has 0 aliphatic carbocycles.